The van der Waals surface area contributed by atoms with Crippen LogP contribution < -0.4 is 11.1 Å². The molecule has 3 N–H and O–H groups in total. The van der Waals surface area contributed by atoms with Crippen molar-refractivity contribution in [2.75, 3.05) is 13.1 Å². The van der Waals surface area contributed by atoms with Gasteiger partial charge in [0.1, 0.15) is 0 Å². The van der Waals surface area contributed by atoms with E-state index in [2.05, 4.69) is 43.4 Å². The number of benzene rings is 1. The van der Waals surface area contributed by atoms with Crippen molar-refractivity contribution >= 4 is 0 Å². The number of hydrogen-bond donors (Lipinski definition) is 2. The minimum atomic E-state index is 0.473. The summed E-state index contributed by atoms with van der Waals surface area (Å²) in [5, 5.41) is 3.55. The van der Waals surface area contributed by atoms with Gasteiger partial charge >= 0.3 is 0 Å². The zero-order valence-corrected chi connectivity index (χ0v) is 12.4. The van der Waals surface area contributed by atoms with Gasteiger partial charge in [0.2, 0.25) is 0 Å². The molecular formula is C17H28N2. The van der Waals surface area contributed by atoms with Crippen molar-refractivity contribution in [3.05, 3.63) is 35.4 Å². The van der Waals surface area contributed by atoms with Crippen LogP contribution in [0.2, 0.25) is 0 Å². The Balaban J connectivity index is 1.62. The Labute approximate surface area is 117 Å². The lowest BCUT2D eigenvalue weighted by molar-refractivity contribution is 0.257. The van der Waals surface area contributed by atoms with Crippen molar-refractivity contribution < 1.29 is 0 Å². The van der Waals surface area contributed by atoms with Crippen LogP contribution in [0.3, 0.4) is 0 Å². The quantitative estimate of drug-likeness (QED) is 0.740. The van der Waals surface area contributed by atoms with Gasteiger partial charge in [-0.1, -0.05) is 38.1 Å². The SMILES string of the molecule is CC(C)Cc1ccc(CCNCC2CC(N)C2)cc1. The van der Waals surface area contributed by atoms with Crippen LogP contribution in [0, 0.1) is 11.8 Å². The maximum absolute atomic E-state index is 5.78. The Morgan fingerprint density at radius 1 is 1.16 bits per heavy atom. The summed E-state index contributed by atoms with van der Waals surface area (Å²) in [4.78, 5) is 0. The Morgan fingerprint density at radius 2 is 1.79 bits per heavy atom. The van der Waals surface area contributed by atoms with Crippen LogP contribution in [0.4, 0.5) is 0 Å². The van der Waals surface area contributed by atoms with Crippen LogP contribution in [0.15, 0.2) is 24.3 Å². The van der Waals surface area contributed by atoms with E-state index in [-0.39, 0.29) is 0 Å². The van der Waals surface area contributed by atoms with Gasteiger partial charge in [0.25, 0.3) is 0 Å². The van der Waals surface area contributed by atoms with Gasteiger partial charge in [0.05, 0.1) is 0 Å². The first-order valence-corrected chi connectivity index (χ1v) is 7.67. The second-order valence-electron chi connectivity index (χ2n) is 6.47. The van der Waals surface area contributed by atoms with Gasteiger partial charge < -0.3 is 11.1 Å². The van der Waals surface area contributed by atoms with E-state index in [1.165, 1.54) is 30.4 Å². The highest BCUT2D eigenvalue weighted by atomic mass is 14.9. The summed E-state index contributed by atoms with van der Waals surface area (Å²) in [5.41, 5.74) is 8.67. The maximum atomic E-state index is 5.78. The molecular weight excluding hydrogens is 232 g/mol. The fourth-order valence-electron chi connectivity index (χ4n) is 2.81. The topological polar surface area (TPSA) is 38.0 Å². The van der Waals surface area contributed by atoms with E-state index in [1.54, 1.807) is 0 Å². The van der Waals surface area contributed by atoms with E-state index in [0.29, 0.717) is 6.04 Å². The van der Waals surface area contributed by atoms with Gasteiger partial charge in [-0.2, -0.15) is 0 Å². The smallest absolute Gasteiger partial charge is 0.00450 e. The third kappa shape index (κ3) is 4.96. The molecule has 0 bridgehead atoms. The average Bonchev–Trinajstić information content (AvgIpc) is 2.33. The number of hydrogen-bond acceptors (Lipinski definition) is 2. The van der Waals surface area contributed by atoms with E-state index in [1.807, 2.05) is 0 Å². The van der Waals surface area contributed by atoms with Crippen LogP contribution in [0.5, 0.6) is 0 Å². The Bertz CT molecular complexity index is 363. The number of nitrogens with one attached hydrogen (secondary N) is 1. The van der Waals surface area contributed by atoms with Crippen molar-refractivity contribution in [1.82, 2.24) is 5.32 Å². The monoisotopic (exact) mass is 260 g/mol. The van der Waals surface area contributed by atoms with E-state index < -0.39 is 0 Å². The summed E-state index contributed by atoms with van der Waals surface area (Å²) in [6.07, 6.45) is 4.72. The minimum absolute atomic E-state index is 0.473. The number of nitrogens with two attached hydrogens (primary N) is 1. The van der Waals surface area contributed by atoms with E-state index >= 15 is 0 Å². The largest absolute Gasteiger partial charge is 0.328 e. The molecule has 2 heteroatoms. The lowest BCUT2D eigenvalue weighted by Gasteiger charge is -2.32. The predicted molar refractivity (Wildman–Crippen MR) is 82.3 cm³/mol. The molecule has 1 saturated carbocycles. The van der Waals surface area contributed by atoms with Crippen LogP contribution in [0.25, 0.3) is 0 Å². The van der Waals surface area contributed by atoms with Gasteiger partial charge in [-0.15, -0.1) is 0 Å². The van der Waals surface area contributed by atoms with Gasteiger partial charge in [-0.3, -0.25) is 0 Å². The van der Waals surface area contributed by atoms with Crippen molar-refractivity contribution in [2.45, 2.75) is 45.6 Å². The molecule has 1 aromatic carbocycles. The van der Waals surface area contributed by atoms with E-state index in [9.17, 15) is 0 Å². The molecule has 2 rings (SSSR count). The highest BCUT2D eigenvalue weighted by Crippen LogP contribution is 2.24. The van der Waals surface area contributed by atoms with E-state index in [4.69, 9.17) is 5.73 Å². The van der Waals surface area contributed by atoms with Crippen molar-refractivity contribution in [1.29, 1.82) is 0 Å². The second kappa shape index (κ2) is 7.06. The van der Waals surface area contributed by atoms with E-state index in [0.717, 1.165) is 31.3 Å². The Kier molecular flexibility index (Phi) is 5.41. The normalized spacial score (nSPS) is 22.5. The lowest BCUT2D eigenvalue weighted by Crippen LogP contribution is -2.41. The highest BCUT2D eigenvalue weighted by molar-refractivity contribution is 5.23. The molecule has 1 aromatic rings. The van der Waals surface area contributed by atoms with Gasteiger partial charge in [0.15, 0.2) is 0 Å². The first-order chi connectivity index (χ1) is 9.13. The fourth-order valence-corrected chi connectivity index (χ4v) is 2.81. The molecule has 1 aliphatic rings. The molecule has 0 radical (unpaired) electrons. The summed E-state index contributed by atoms with van der Waals surface area (Å²) in [6, 6.07) is 9.58. The van der Waals surface area contributed by atoms with Crippen LogP contribution in [-0.4, -0.2) is 19.1 Å². The maximum Gasteiger partial charge on any atom is 0.00450 e. The minimum Gasteiger partial charge on any atom is -0.328 e. The summed E-state index contributed by atoms with van der Waals surface area (Å²) >= 11 is 0. The molecule has 0 aliphatic heterocycles. The molecule has 106 valence electrons. The predicted octanol–water partition coefficient (Wildman–Crippen LogP) is 2.75. The third-order valence-electron chi connectivity index (χ3n) is 3.96. The van der Waals surface area contributed by atoms with Crippen LogP contribution >= 0.6 is 0 Å². The summed E-state index contributed by atoms with van der Waals surface area (Å²) in [5.74, 6) is 1.56. The molecule has 1 fully saturated rings. The van der Waals surface area contributed by atoms with Crippen molar-refractivity contribution in [2.24, 2.45) is 17.6 Å². The summed E-state index contributed by atoms with van der Waals surface area (Å²) < 4.78 is 0. The standard InChI is InChI=1S/C17H28N2/c1-13(2)9-15-5-3-14(4-6-15)7-8-19-12-16-10-17(18)11-16/h3-6,13,16-17,19H,7-12,18H2,1-2H3. The molecule has 0 aromatic heterocycles. The lowest BCUT2D eigenvalue weighted by atomic mass is 9.81. The summed E-state index contributed by atoms with van der Waals surface area (Å²) in [7, 11) is 0. The van der Waals surface area contributed by atoms with Crippen LogP contribution in [-0.2, 0) is 12.8 Å². The molecule has 19 heavy (non-hydrogen) atoms. The van der Waals surface area contributed by atoms with Crippen LogP contribution in [0.1, 0.15) is 37.8 Å². The first-order valence-electron chi connectivity index (χ1n) is 7.67. The first kappa shape index (κ1) is 14.5. The Morgan fingerprint density at radius 3 is 2.37 bits per heavy atom. The zero-order chi connectivity index (χ0) is 13.7. The molecule has 0 unspecified atom stereocenters. The molecule has 1 aliphatic carbocycles. The zero-order valence-electron chi connectivity index (χ0n) is 12.4. The Hall–Kier alpha value is -0.860. The molecule has 0 spiro atoms. The molecule has 0 saturated heterocycles. The number of rotatable bonds is 7. The molecule has 2 nitrogen and oxygen atoms in total. The second-order valence-corrected chi connectivity index (χ2v) is 6.47. The van der Waals surface area contributed by atoms with Crippen molar-refractivity contribution in [3.63, 3.8) is 0 Å². The average molecular weight is 260 g/mol. The van der Waals surface area contributed by atoms with Gasteiger partial charge in [0, 0.05) is 6.04 Å². The molecule has 0 atom stereocenters. The van der Waals surface area contributed by atoms with Gasteiger partial charge in [-0.05, 0) is 61.7 Å². The molecule has 0 heterocycles. The highest BCUT2D eigenvalue weighted by Gasteiger charge is 2.24. The van der Waals surface area contributed by atoms with Crippen molar-refractivity contribution in [3.8, 4) is 0 Å². The third-order valence-corrected chi connectivity index (χ3v) is 3.96. The molecule has 0 amide bonds. The van der Waals surface area contributed by atoms with Gasteiger partial charge in [-0.25, -0.2) is 0 Å². The summed E-state index contributed by atoms with van der Waals surface area (Å²) in [6.45, 7) is 6.75. The fraction of sp³-hybridized carbons (Fsp3) is 0.647.